The first-order valence-corrected chi connectivity index (χ1v) is 8.93. The number of aromatic nitrogens is 1. The van der Waals surface area contributed by atoms with E-state index >= 15 is 0 Å². The van der Waals surface area contributed by atoms with E-state index in [0.717, 1.165) is 10.9 Å². The molecule has 0 bridgehead atoms. The van der Waals surface area contributed by atoms with Gasteiger partial charge in [0.1, 0.15) is 6.61 Å². The molecule has 1 amide bonds. The van der Waals surface area contributed by atoms with Gasteiger partial charge in [-0.05, 0) is 62.6 Å². The van der Waals surface area contributed by atoms with Crippen LogP contribution >= 0.6 is 0 Å². The molecule has 0 fully saturated rings. The van der Waals surface area contributed by atoms with E-state index in [-0.39, 0.29) is 23.6 Å². The Bertz CT molecular complexity index is 1080. The Morgan fingerprint density at radius 1 is 1.00 bits per heavy atom. The molecular formula is C22H22N2O4. The second-order valence-corrected chi connectivity index (χ2v) is 7.57. The average molecular weight is 378 g/mol. The van der Waals surface area contributed by atoms with E-state index < -0.39 is 5.97 Å². The first kappa shape index (κ1) is 19.4. The fraction of sp³-hybridized carbons (Fsp3) is 0.227. The quantitative estimate of drug-likeness (QED) is 0.681. The number of hydrogen-bond acceptors (Lipinski definition) is 4. The van der Waals surface area contributed by atoms with Crippen LogP contribution < -0.4 is 10.9 Å². The predicted octanol–water partition coefficient (Wildman–Crippen LogP) is 3.41. The monoisotopic (exact) mass is 378 g/mol. The van der Waals surface area contributed by atoms with Gasteiger partial charge in [-0.3, -0.25) is 9.59 Å². The molecule has 0 radical (unpaired) electrons. The maximum atomic E-state index is 12.3. The third kappa shape index (κ3) is 4.65. The molecule has 6 heteroatoms. The third-order valence-electron chi connectivity index (χ3n) is 4.06. The van der Waals surface area contributed by atoms with E-state index in [1.807, 2.05) is 45.0 Å². The predicted molar refractivity (Wildman–Crippen MR) is 107 cm³/mol. The van der Waals surface area contributed by atoms with Gasteiger partial charge >= 0.3 is 5.97 Å². The van der Waals surface area contributed by atoms with Crippen LogP contribution in [0.1, 0.15) is 47.1 Å². The summed E-state index contributed by atoms with van der Waals surface area (Å²) in [5.74, 6) is -0.773. The molecule has 0 spiro atoms. The Kier molecular flexibility index (Phi) is 5.31. The van der Waals surface area contributed by atoms with Gasteiger partial charge in [0.2, 0.25) is 0 Å². The van der Waals surface area contributed by atoms with Crippen molar-refractivity contribution in [3.63, 3.8) is 0 Å². The standard InChI is InChI=1S/C22H22N2O4/c1-22(2,3)24-20(26)14-8-10-15(11-9-14)21(27)28-13-17-12-16-6-4-5-7-18(16)23-19(17)25/h4-12H,13H2,1-3H3,(H,23,25)(H,24,26). The summed E-state index contributed by atoms with van der Waals surface area (Å²) in [6, 6.07) is 15.3. The number of carbonyl (C=O) groups excluding carboxylic acids is 2. The summed E-state index contributed by atoms with van der Waals surface area (Å²) in [5.41, 5.74) is 1.23. The fourth-order valence-corrected chi connectivity index (χ4v) is 2.70. The van der Waals surface area contributed by atoms with Crippen molar-refractivity contribution in [1.29, 1.82) is 0 Å². The van der Waals surface area contributed by atoms with Crippen molar-refractivity contribution in [2.45, 2.75) is 32.9 Å². The second kappa shape index (κ2) is 7.68. The van der Waals surface area contributed by atoms with Crippen LogP contribution in [0.2, 0.25) is 0 Å². The van der Waals surface area contributed by atoms with Crippen molar-refractivity contribution in [2.24, 2.45) is 0 Å². The molecule has 0 unspecified atom stereocenters. The van der Waals surface area contributed by atoms with Crippen molar-refractivity contribution in [3.05, 3.63) is 81.6 Å². The summed E-state index contributed by atoms with van der Waals surface area (Å²) >= 11 is 0. The molecule has 0 aliphatic carbocycles. The highest BCUT2D eigenvalue weighted by atomic mass is 16.5. The number of ether oxygens (including phenoxy) is 1. The lowest BCUT2D eigenvalue weighted by Gasteiger charge is -2.20. The SMILES string of the molecule is CC(C)(C)NC(=O)c1ccc(C(=O)OCc2cc3ccccc3[nH]c2=O)cc1. The van der Waals surface area contributed by atoms with Gasteiger partial charge < -0.3 is 15.0 Å². The molecule has 2 N–H and O–H groups in total. The van der Waals surface area contributed by atoms with Gasteiger partial charge in [0.05, 0.1) is 11.1 Å². The summed E-state index contributed by atoms with van der Waals surface area (Å²) < 4.78 is 5.27. The molecule has 0 atom stereocenters. The van der Waals surface area contributed by atoms with Crippen LogP contribution in [0.5, 0.6) is 0 Å². The Morgan fingerprint density at radius 3 is 2.32 bits per heavy atom. The lowest BCUT2D eigenvalue weighted by Crippen LogP contribution is -2.40. The zero-order valence-corrected chi connectivity index (χ0v) is 16.0. The maximum Gasteiger partial charge on any atom is 0.338 e. The molecule has 144 valence electrons. The van der Waals surface area contributed by atoms with E-state index in [2.05, 4.69) is 10.3 Å². The molecule has 3 aromatic rings. The Labute approximate surface area is 162 Å². The lowest BCUT2D eigenvalue weighted by molar-refractivity contribution is 0.0471. The zero-order chi connectivity index (χ0) is 20.3. The minimum absolute atomic E-state index is 0.134. The lowest BCUT2D eigenvalue weighted by atomic mass is 10.1. The fourth-order valence-electron chi connectivity index (χ4n) is 2.70. The Morgan fingerprint density at radius 2 is 1.64 bits per heavy atom. The average Bonchev–Trinajstić information content (AvgIpc) is 2.65. The highest BCUT2D eigenvalue weighted by Crippen LogP contribution is 2.12. The summed E-state index contributed by atoms with van der Waals surface area (Å²) in [6.45, 7) is 5.55. The molecule has 0 aliphatic rings. The molecule has 0 aliphatic heterocycles. The van der Waals surface area contributed by atoms with Crippen molar-refractivity contribution >= 4 is 22.8 Å². The van der Waals surface area contributed by atoms with Gasteiger partial charge in [-0.15, -0.1) is 0 Å². The van der Waals surface area contributed by atoms with E-state index in [0.29, 0.717) is 16.7 Å². The van der Waals surface area contributed by atoms with Crippen LogP contribution in [0.25, 0.3) is 10.9 Å². The number of nitrogens with one attached hydrogen (secondary N) is 2. The Balaban J connectivity index is 1.68. The van der Waals surface area contributed by atoms with Crippen molar-refractivity contribution in [3.8, 4) is 0 Å². The molecule has 0 saturated heterocycles. The second-order valence-electron chi connectivity index (χ2n) is 7.57. The number of esters is 1. The van der Waals surface area contributed by atoms with Gasteiger partial charge in [-0.25, -0.2) is 4.79 Å². The van der Waals surface area contributed by atoms with Crippen molar-refractivity contribution in [2.75, 3.05) is 0 Å². The van der Waals surface area contributed by atoms with Crippen LogP contribution in [-0.2, 0) is 11.3 Å². The van der Waals surface area contributed by atoms with Crippen molar-refractivity contribution < 1.29 is 14.3 Å². The van der Waals surface area contributed by atoms with Gasteiger partial charge in [0.25, 0.3) is 11.5 Å². The largest absolute Gasteiger partial charge is 0.457 e. The first-order valence-electron chi connectivity index (χ1n) is 8.93. The molecule has 1 heterocycles. The summed E-state index contributed by atoms with van der Waals surface area (Å²) in [7, 11) is 0. The summed E-state index contributed by atoms with van der Waals surface area (Å²) in [6.07, 6.45) is 0. The first-order chi connectivity index (χ1) is 13.2. The molecule has 1 aromatic heterocycles. The number of fused-ring (bicyclic) bond motifs is 1. The maximum absolute atomic E-state index is 12.3. The van der Waals surface area contributed by atoms with Gasteiger partial charge in [0.15, 0.2) is 0 Å². The van der Waals surface area contributed by atoms with Gasteiger partial charge in [-0.1, -0.05) is 18.2 Å². The zero-order valence-electron chi connectivity index (χ0n) is 16.0. The number of para-hydroxylation sites is 1. The van der Waals surface area contributed by atoms with Crippen LogP contribution in [0.4, 0.5) is 0 Å². The molecule has 3 rings (SSSR count). The van der Waals surface area contributed by atoms with Crippen molar-refractivity contribution in [1.82, 2.24) is 10.3 Å². The molecule has 28 heavy (non-hydrogen) atoms. The third-order valence-corrected chi connectivity index (χ3v) is 4.06. The summed E-state index contributed by atoms with van der Waals surface area (Å²) in [5, 5.41) is 3.72. The minimum Gasteiger partial charge on any atom is -0.457 e. The summed E-state index contributed by atoms with van der Waals surface area (Å²) in [4.78, 5) is 39.3. The smallest absolute Gasteiger partial charge is 0.338 e. The van der Waals surface area contributed by atoms with Crippen LogP contribution in [0.15, 0.2) is 59.4 Å². The molecule has 0 saturated carbocycles. The van der Waals surface area contributed by atoms with E-state index in [1.54, 1.807) is 18.2 Å². The topological polar surface area (TPSA) is 88.3 Å². The normalized spacial score (nSPS) is 11.2. The number of amides is 1. The minimum atomic E-state index is -0.560. The van der Waals surface area contributed by atoms with E-state index in [1.165, 1.54) is 12.1 Å². The Hall–Kier alpha value is -3.41. The highest BCUT2D eigenvalue weighted by Gasteiger charge is 2.16. The molecule has 2 aromatic carbocycles. The number of rotatable bonds is 4. The number of pyridine rings is 1. The van der Waals surface area contributed by atoms with E-state index in [4.69, 9.17) is 4.74 Å². The van der Waals surface area contributed by atoms with Crippen LogP contribution in [0.3, 0.4) is 0 Å². The highest BCUT2D eigenvalue weighted by molar-refractivity contribution is 5.96. The molecule has 6 nitrogen and oxygen atoms in total. The number of carbonyl (C=O) groups is 2. The number of benzene rings is 2. The van der Waals surface area contributed by atoms with Gasteiger partial charge in [-0.2, -0.15) is 0 Å². The number of aromatic amines is 1. The van der Waals surface area contributed by atoms with E-state index in [9.17, 15) is 14.4 Å². The number of H-pyrrole nitrogens is 1. The number of hydrogen-bond donors (Lipinski definition) is 2. The van der Waals surface area contributed by atoms with Gasteiger partial charge in [0, 0.05) is 16.6 Å². The van der Waals surface area contributed by atoms with Crippen LogP contribution in [0, 0.1) is 0 Å². The molecular weight excluding hydrogens is 356 g/mol. The van der Waals surface area contributed by atoms with Crippen LogP contribution in [-0.4, -0.2) is 22.4 Å².